The van der Waals surface area contributed by atoms with Gasteiger partial charge in [0.15, 0.2) is 29.2 Å². The van der Waals surface area contributed by atoms with E-state index in [0.717, 1.165) is 18.2 Å². The number of carbonyl (C=O) groups is 2. The number of allylic oxidation sites excluding steroid dienone is 1. The molecule has 18 heteroatoms. The number of ether oxygens (including phenoxy) is 5. The highest BCUT2D eigenvalue weighted by Crippen LogP contribution is 2.38. The number of hydrogen-bond acceptors (Lipinski definition) is 14. The van der Waals surface area contributed by atoms with Crippen LogP contribution in [0.4, 0.5) is 16.2 Å². The second-order valence-corrected chi connectivity index (χ2v) is 10.1. The van der Waals surface area contributed by atoms with E-state index in [1.54, 1.807) is 38.1 Å². The molecule has 0 fully saturated rings. The van der Waals surface area contributed by atoms with Gasteiger partial charge in [-0.3, -0.25) is 25.7 Å². The number of rotatable bonds is 15. The van der Waals surface area contributed by atoms with Gasteiger partial charge in [-0.1, -0.05) is 6.07 Å². The van der Waals surface area contributed by atoms with Crippen LogP contribution in [0.1, 0.15) is 31.0 Å². The van der Waals surface area contributed by atoms with E-state index in [9.17, 15) is 34.9 Å². The minimum Gasteiger partial charge on any atom is -0.493 e. The molecular formula is C31H32N6O12. The van der Waals surface area contributed by atoms with Crippen LogP contribution in [0, 0.1) is 20.2 Å². The summed E-state index contributed by atoms with van der Waals surface area (Å²) in [4.78, 5) is 45.5. The zero-order valence-electron chi connectivity index (χ0n) is 26.6. The van der Waals surface area contributed by atoms with Gasteiger partial charge in [0, 0.05) is 11.8 Å². The number of nitrogens with zero attached hydrogens (tertiary/aromatic N) is 3. The van der Waals surface area contributed by atoms with Gasteiger partial charge >= 0.3 is 17.7 Å². The average molecular weight is 681 g/mol. The van der Waals surface area contributed by atoms with Crippen LogP contribution >= 0.6 is 0 Å². The van der Waals surface area contributed by atoms with Crippen molar-refractivity contribution in [2.45, 2.75) is 26.1 Å². The molecule has 1 heterocycles. The Morgan fingerprint density at radius 3 is 2.41 bits per heavy atom. The molecule has 3 aromatic rings. The minimum absolute atomic E-state index is 0.101. The molecule has 3 aromatic carbocycles. The third-order valence-corrected chi connectivity index (χ3v) is 6.87. The van der Waals surface area contributed by atoms with Gasteiger partial charge in [-0.2, -0.15) is 5.10 Å². The van der Waals surface area contributed by atoms with Crippen molar-refractivity contribution in [3.63, 3.8) is 0 Å². The Morgan fingerprint density at radius 2 is 1.73 bits per heavy atom. The second kappa shape index (κ2) is 15.9. The van der Waals surface area contributed by atoms with E-state index in [2.05, 4.69) is 21.2 Å². The zero-order chi connectivity index (χ0) is 35.7. The monoisotopic (exact) mass is 680 g/mol. The van der Waals surface area contributed by atoms with E-state index in [-0.39, 0.29) is 41.8 Å². The number of nitro groups is 2. The summed E-state index contributed by atoms with van der Waals surface area (Å²) in [5.74, 6) is 0.0333. The lowest BCUT2D eigenvalue weighted by Crippen LogP contribution is -2.45. The predicted octanol–water partition coefficient (Wildman–Crippen LogP) is 3.82. The van der Waals surface area contributed by atoms with Gasteiger partial charge in [0.2, 0.25) is 5.75 Å². The summed E-state index contributed by atoms with van der Waals surface area (Å²) in [7, 11) is 2.60. The summed E-state index contributed by atoms with van der Waals surface area (Å²) in [5, 5.41) is 42.2. The molecule has 0 unspecified atom stereocenters. The van der Waals surface area contributed by atoms with E-state index in [4.69, 9.17) is 23.7 Å². The molecule has 0 aliphatic carbocycles. The molecule has 2 amide bonds. The Bertz CT molecular complexity index is 1810. The lowest BCUT2D eigenvalue weighted by atomic mass is 9.95. The Labute approximate surface area is 278 Å². The Morgan fingerprint density at radius 1 is 1.00 bits per heavy atom. The molecule has 0 saturated heterocycles. The lowest BCUT2D eigenvalue weighted by molar-refractivity contribution is -0.394. The van der Waals surface area contributed by atoms with Gasteiger partial charge < -0.3 is 39.4 Å². The predicted molar refractivity (Wildman–Crippen MR) is 172 cm³/mol. The Hall–Kier alpha value is -6.43. The minimum atomic E-state index is -1.27. The van der Waals surface area contributed by atoms with E-state index >= 15 is 0 Å². The molecule has 18 nitrogen and oxygen atoms in total. The lowest BCUT2D eigenvalue weighted by Gasteiger charge is -2.28. The van der Waals surface area contributed by atoms with Crippen LogP contribution in [0.5, 0.6) is 28.7 Å². The van der Waals surface area contributed by atoms with Crippen LogP contribution in [0.25, 0.3) is 0 Å². The maximum absolute atomic E-state index is 12.4. The van der Waals surface area contributed by atoms with Gasteiger partial charge in [-0.05, 0) is 61.4 Å². The molecular weight excluding hydrogens is 648 g/mol. The number of benzene rings is 3. The number of aliphatic hydroxyl groups excluding tert-OH is 1. The van der Waals surface area contributed by atoms with Crippen LogP contribution < -0.4 is 35.0 Å². The number of methoxy groups -OCH3 is 2. The molecule has 1 aliphatic heterocycles. The number of nitro benzene ring substituents is 2. The van der Waals surface area contributed by atoms with Crippen LogP contribution in [0.2, 0.25) is 0 Å². The smallest absolute Gasteiger partial charge is 0.337 e. The Kier molecular flexibility index (Phi) is 11.5. The highest BCUT2D eigenvalue weighted by molar-refractivity contribution is 5.95. The number of hydrazone groups is 1. The van der Waals surface area contributed by atoms with Gasteiger partial charge in [0.1, 0.15) is 6.61 Å². The number of urea groups is 1. The first-order valence-corrected chi connectivity index (χ1v) is 14.5. The maximum atomic E-state index is 12.4. The summed E-state index contributed by atoms with van der Waals surface area (Å²) >= 11 is 0. The van der Waals surface area contributed by atoms with E-state index in [1.165, 1.54) is 32.6 Å². The van der Waals surface area contributed by atoms with Crippen LogP contribution in [0.3, 0.4) is 0 Å². The van der Waals surface area contributed by atoms with Crippen LogP contribution in [-0.4, -0.2) is 66.8 Å². The SMILES string of the molecule is CCOc1cc([C@@H]2NC(=O)NC(C)=C2C(=O)OC)ccc1OC[C@H](O)N/N=C\c1ccc(Oc2ccc([N+](=O)[O-])cc2[N+](=O)[O-])c(OC)c1. The number of esters is 1. The molecule has 0 saturated carbocycles. The number of hydrogen-bond donors (Lipinski definition) is 4. The van der Waals surface area contributed by atoms with Crippen LogP contribution in [0.15, 0.2) is 71.0 Å². The first-order chi connectivity index (χ1) is 23.4. The molecule has 0 aromatic heterocycles. The Balaban J connectivity index is 1.41. The molecule has 49 heavy (non-hydrogen) atoms. The standard InChI is InChI=1S/C31H32N6O12/c1-5-47-26-13-19(29-28(30(39)46-4)17(2)33-31(40)34-29)7-10-23(26)48-16-27(38)35-32-15-18-6-9-24(25(12-18)45-3)49-22-11-8-20(36(41)42)14-21(22)37(43)44/h6-15,27,29,35,38H,5,16H2,1-4H3,(H2,33,34,40)/b32-15-/t27-,29-/m0/s1. The number of carbonyl (C=O) groups excluding carboxylic acids is 2. The fraction of sp³-hybridized carbons (Fsp3) is 0.258. The van der Waals surface area contributed by atoms with Crippen molar-refractivity contribution in [1.82, 2.24) is 16.1 Å². The first kappa shape index (κ1) is 35.4. The summed E-state index contributed by atoms with van der Waals surface area (Å²) in [6.45, 7) is 3.39. The molecule has 4 N–H and O–H groups in total. The van der Waals surface area contributed by atoms with E-state index < -0.39 is 45.5 Å². The number of non-ortho nitro benzene ring substituents is 1. The van der Waals surface area contributed by atoms with Gasteiger partial charge in [0.25, 0.3) is 5.69 Å². The molecule has 0 spiro atoms. The summed E-state index contributed by atoms with van der Waals surface area (Å²) in [5.41, 5.74) is 3.08. The third-order valence-electron chi connectivity index (χ3n) is 6.87. The van der Waals surface area contributed by atoms with Crippen molar-refractivity contribution < 1.29 is 48.2 Å². The largest absolute Gasteiger partial charge is 0.493 e. The van der Waals surface area contributed by atoms with Crippen molar-refractivity contribution >= 4 is 29.6 Å². The van der Waals surface area contributed by atoms with Crippen molar-refractivity contribution in [3.05, 3.63) is 97.2 Å². The number of aliphatic hydroxyl groups is 1. The second-order valence-electron chi connectivity index (χ2n) is 10.1. The number of amides is 2. The first-order valence-electron chi connectivity index (χ1n) is 14.5. The van der Waals surface area contributed by atoms with Crippen molar-refractivity contribution in [2.75, 3.05) is 27.4 Å². The molecule has 4 rings (SSSR count). The molecule has 0 bridgehead atoms. The fourth-order valence-electron chi connectivity index (χ4n) is 4.64. The van der Waals surface area contributed by atoms with Gasteiger partial charge in [-0.25, -0.2) is 9.59 Å². The number of nitrogens with one attached hydrogen (secondary N) is 3. The molecule has 0 radical (unpaired) electrons. The van der Waals surface area contributed by atoms with Gasteiger partial charge in [0.05, 0.1) is 54.6 Å². The maximum Gasteiger partial charge on any atom is 0.337 e. The summed E-state index contributed by atoms with van der Waals surface area (Å²) in [6.07, 6.45) is 0.101. The quantitative estimate of drug-likeness (QED) is 0.0588. The molecule has 1 aliphatic rings. The fourth-order valence-corrected chi connectivity index (χ4v) is 4.64. The van der Waals surface area contributed by atoms with E-state index in [1.807, 2.05) is 0 Å². The topological polar surface area (TPSA) is 235 Å². The van der Waals surface area contributed by atoms with Crippen molar-refractivity contribution in [2.24, 2.45) is 5.10 Å². The van der Waals surface area contributed by atoms with Gasteiger partial charge in [-0.15, -0.1) is 0 Å². The summed E-state index contributed by atoms with van der Waals surface area (Å²) < 4.78 is 27.3. The molecule has 2 atom stereocenters. The average Bonchev–Trinajstić information content (AvgIpc) is 3.07. The third kappa shape index (κ3) is 8.69. The normalized spacial score (nSPS) is 14.7. The van der Waals surface area contributed by atoms with E-state index in [0.29, 0.717) is 22.6 Å². The highest BCUT2D eigenvalue weighted by atomic mass is 16.6. The van der Waals surface area contributed by atoms with Crippen molar-refractivity contribution in [1.29, 1.82) is 0 Å². The van der Waals surface area contributed by atoms with Crippen molar-refractivity contribution in [3.8, 4) is 28.7 Å². The highest BCUT2D eigenvalue weighted by Gasteiger charge is 2.32. The van der Waals surface area contributed by atoms with Crippen LogP contribution in [-0.2, 0) is 9.53 Å². The molecule has 258 valence electrons. The zero-order valence-corrected chi connectivity index (χ0v) is 26.6. The summed E-state index contributed by atoms with van der Waals surface area (Å²) in [6, 6.07) is 11.1.